The van der Waals surface area contributed by atoms with Gasteiger partial charge >= 0.3 is 0 Å². The summed E-state index contributed by atoms with van der Waals surface area (Å²) in [6, 6.07) is 0. The summed E-state index contributed by atoms with van der Waals surface area (Å²) in [5.41, 5.74) is 0. The lowest BCUT2D eigenvalue weighted by Gasteiger charge is -2.08. The number of nitrogens with one attached hydrogen (secondary N) is 1. The summed E-state index contributed by atoms with van der Waals surface area (Å²) in [5, 5.41) is 7.44. The molecule has 0 aromatic heterocycles. The van der Waals surface area contributed by atoms with Crippen LogP contribution >= 0.6 is 0 Å². The molecule has 0 aromatic rings. The highest BCUT2D eigenvalue weighted by molar-refractivity contribution is 4.53. The second-order valence-corrected chi connectivity index (χ2v) is 2.17. The second kappa shape index (κ2) is 3.87. The molecule has 1 aliphatic rings. The monoisotopic (exact) mass is 113 g/mol. The van der Waals surface area contributed by atoms with Gasteiger partial charge in [0, 0.05) is 6.54 Å². The third kappa shape index (κ3) is 2.28. The molecule has 0 atom stereocenters. The molecule has 1 rings (SSSR count). The van der Waals surface area contributed by atoms with Crippen LogP contribution < -0.4 is 10.6 Å². The van der Waals surface area contributed by atoms with Gasteiger partial charge in [0.2, 0.25) is 0 Å². The quantitative estimate of drug-likeness (QED) is 0.481. The molecule has 0 bridgehead atoms. The van der Waals surface area contributed by atoms with E-state index in [2.05, 4.69) is 10.6 Å². The van der Waals surface area contributed by atoms with Gasteiger partial charge in [0.1, 0.15) is 0 Å². The van der Waals surface area contributed by atoms with Gasteiger partial charge in [0.25, 0.3) is 0 Å². The number of hydrogen-bond acceptors (Lipinski definition) is 1. The Balaban J connectivity index is 2.00. The lowest BCUT2D eigenvalue weighted by Crippen LogP contribution is -2.27. The Hall–Kier alpha value is -0.0800. The third-order valence-corrected chi connectivity index (χ3v) is 1.39. The number of nitrogens with zero attached hydrogens (tertiary/aromatic N) is 1. The van der Waals surface area contributed by atoms with E-state index in [0.717, 1.165) is 19.8 Å². The average molecular weight is 113 g/mol. The summed E-state index contributed by atoms with van der Waals surface area (Å²) >= 11 is 0. The molecule has 1 fully saturated rings. The van der Waals surface area contributed by atoms with Crippen molar-refractivity contribution < 1.29 is 0 Å². The van der Waals surface area contributed by atoms with Crippen LogP contribution in [0.5, 0.6) is 0 Å². The summed E-state index contributed by atoms with van der Waals surface area (Å²) in [4.78, 5) is 0. The molecular weight excluding hydrogens is 100 g/mol. The van der Waals surface area contributed by atoms with E-state index in [1.165, 1.54) is 19.3 Å². The van der Waals surface area contributed by atoms with E-state index in [0.29, 0.717) is 0 Å². The standard InChI is InChI=1S/C6H13N2/c1-2-4-7-6-8-5-3-1/h7H,1-6H2. The normalized spacial score (nSPS) is 24.0. The molecule has 0 aromatic carbocycles. The van der Waals surface area contributed by atoms with Crippen molar-refractivity contribution in [3.05, 3.63) is 0 Å². The van der Waals surface area contributed by atoms with Crippen molar-refractivity contribution in [2.75, 3.05) is 19.8 Å². The maximum Gasteiger partial charge on any atom is 0.0623 e. The summed E-state index contributed by atoms with van der Waals surface area (Å²) in [6.45, 7) is 3.09. The van der Waals surface area contributed by atoms with Crippen LogP contribution in [0.3, 0.4) is 0 Å². The smallest absolute Gasteiger partial charge is 0.0623 e. The van der Waals surface area contributed by atoms with Crippen molar-refractivity contribution in [2.45, 2.75) is 19.3 Å². The van der Waals surface area contributed by atoms with Crippen molar-refractivity contribution in [1.29, 1.82) is 0 Å². The molecule has 2 heteroatoms. The van der Waals surface area contributed by atoms with E-state index in [-0.39, 0.29) is 0 Å². The van der Waals surface area contributed by atoms with Gasteiger partial charge in [-0.25, -0.2) is 5.32 Å². The van der Waals surface area contributed by atoms with Gasteiger partial charge < -0.3 is 5.32 Å². The summed E-state index contributed by atoms with van der Waals surface area (Å²) in [6.07, 6.45) is 3.97. The Labute approximate surface area is 50.7 Å². The van der Waals surface area contributed by atoms with E-state index in [1.807, 2.05) is 0 Å². The Morgan fingerprint density at radius 2 is 2.12 bits per heavy atom. The maximum absolute atomic E-state index is 4.22. The zero-order chi connectivity index (χ0) is 5.66. The Morgan fingerprint density at radius 1 is 1.12 bits per heavy atom. The summed E-state index contributed by atoms with van der Waals surface area (Å²) < 4.78 is 0. The molecule has 0 amide bonds. The van der Waals surface area contributed by atoms with Crippen LogP contribution in [0.2, 0.25) is 0 Å². The van der Waals surface area contributed by atoms with E-state index < -0.39 is 0 Å². The minimum absolute atomic E-state index is 0.875. The van der Waals surface area contributed by atoms with Gasteiger partial charge in [0.05, 0.1) is 6.67 Å². The van der Waals surface area contributed by atoms with E-state index in [1.54, 1.807) is 0 Å². The molecule has 47 valence electrons. The fourth-order valence-corrected chi connectivity index (χ4v) is 0.888. The molecule has 0 aliphatic carbocycles. The zero-order valence-corrected chi connectivity index (χ0v) is 5.19. The lowest BCUT2D eigenvalue weighted by molar-refractivity contribution is 0.491. The molecule has 1 radical (unpaired) electrons. The highest BCUT2D eigenvalue weighted by Gasteiger charge is 1.94. The molecule has 8 heavy (non-hydrogen) atoms. The van der Waals surface area contributed by atoms with Crippen LogP contribution in [0.15, 0.2) is 0 Å². The Kier molecular flexibility index (Phi) is 2.92. The van der Waals surface area contributed by atoms with Crippen LogP contribution in [0.25, 0.3) is 0 Å². The minimum atomic E-state index is 0.875. The van der Waals surface area contributed by atoms with Crippen molar-refractivity contribution in [3.8, 4) is 0 Å². The second-order valence-electron chi connectivity index (χ2n) is 2.17. The third-order valence-electron chi connectivity index (χ3n) is 1.39. The van der Waals surface area contributed by atoms with Crippen LogP contribution in [0.4, 0.5) is 0 Å². The van der Waals surface area contributed by atoms with E-state index in [9.17, 15) is 0 Å². The first-order chi connectivity index (χ1) is 4.00. The molecule has 1 aliphatic heterocycles. The summed E-state index contributed by atoms with van der Waals surface area (Å²) in [5.74, 6) is 0. The van der Waals surface area contributed by atoms with Crippen LogP contribution in [-0.2, 0) is 0 Å². The van der Waals surface area contributed by atoms with Crippen molar-refractivity contribution in [2.24, 2.45) is 0 Å². The first-order valence-electron chi connectivity index (χ1n) is 3.34. The van der Waals surface area contributed by atoms with Crippen LogP contribution in [0, 0.1) is 0 Å². The Bertz CT molecular complexity index is 30.5. The molecule has 1 saturated heterocycles. The fourth-order valence-electron chi connectivity index (χ4n) is 0.888. The van der Waals surface area contributed by atoms with E-state index >= 15 is 0 Å². The zero-order valence-electron chi connectivity index (χ0n) is 5.19. The lowest BCUT2D eigenvalue weighted by atomic mass is 10.2. The molecule has 0 spiro atoms. The first kappa shape index (κ1) is 6.05. The molecule has 0 unspecified atom stereocenters. The molecule has 2 nitrogen and oxygen atoms in total. The topological polar surface area (TPSA) is 26.1 Å². The van der Waals surface area contributed by atoms with Gasteiger partial charge in [0.15, 0.2) is 0 Å². The summed E-state index contributed by atoms with van der Waals surface area (Å²) in [7, 11) is 0. The number of hydrogen-bond donors (Lipinski definition) is 1. The van der Waals surface area contributed by atoms with Crippen molar-refractivity contribution in [1.82, 2.24) is 10.6 Å². The van der Waals surface area contributed by atoms with Gasteiger partial charge in [-0.2, -0.15) is 0 Å². The predicted molar refractivity (Wildman–Crippen MR) is 33.7 cm³/mol. The largest absolute Gasteiger partial charge is 0.303 e. The minimum Gasteiger partial charge on any atom is -0.303 e. The molecule has 1 heterocycles. The Morgan fingerprint density at radius 3 is 3.12 bits per heavy atom. The highest BCUT2D eigenvalue weighted by Crippen LogP contribution is 1.93. The first-order valence-corrected chi connectivity index (χ1v) is 3.34. The van der Waals surface area contributed by atoms with Gasteiger partial charge in [-0.3, -0.25) is 0 Å². The van der Waals surface area contributed by atoms with Crippen LogP contribution in [0.1, 0.15) is 19.3 Å². The van der Waals surface area contributed by atoms with Crippen molar-refractivity contribution >= 4 is 0 Å². The van der Waals surface area contributed by atoms with E-state index in [4.69, 9.17) is 0 Å². The fraction of sp³-hybridized carbons (Fsp3) is 1.00. The molecular formula is C6H13N2. The van der Waals surface area contributed by atoms with Gasteiger partial charge in [-0.05, 0) is 19.4 Å². The maximum atomic E-state index is 4.22. The van der Waals surface area contributed by atoms with Crippen LogP contribution in [-0.4, -0.2) is 19.8 Å². The highest BCUT2D eigenvalue weighted by atomic mass is 15.1. The van der Waals surface area contributed by atoms with Gasteiger partial charge in [-0.15, -0.1) is 0 Å². The molecule has 1 N–H and O–H groups in total. The predicted octanol–water partition coefficient (Wildman–Crippen LogP) is 0.322. The SMILES string of the molecule is C1CC[N]CNCC1. The number of rotatable bonds is 0. The van der Waals surface area contributed by atoms with Crippen molar-refractivity contribution in [3.63, 3.8) is 0 Å². The average Bonchev–Trinajstić information content (AvgIpc) is 1.62. The van der Waals surface area contributed by atoms with Gasteiger partial charge in [-0.1, -0.05) is 6.42 Å². The molecule has 0 saturated carbocycles.